The molecule has 0 saturated carbocycles. The molecule has 1 aliphatic rings. The second-order valence-corrected chi connectivity index (χ2v) is 5.97. The average molecular weight is 234 g/mol. The number of piperidine rings is 1. The number of hydrogen-bond acceptors (Lipinski definition) is 3. The van der Waals surface area contributed by atoms with Gasteiger partial charge in [-0.05, 0) is 19.8 Å². The Hall–Kier alpha value is -0.620. The van der Waals surface area contributed by atoms with E-state index in [4.69, 9.17) is 0 Å². The number of nitrogens with zero attached hydrogens (tertiary/aromatic N) is 1. The highest BCUT2D eigenvalue weighted by molar-refractivity contribution is 7.89. The van der Waals surface area contributed by atoms with Crippen molar-refractivity contribution in [2.24, 2.45) is 5.92 Å². The van der Waals surface area contributed by atoms with Gasteiger partial charge in [-0.2, -0.15) is 0 Å². The molecule has 1 atom stereocenters. The van der Waals surface area contributed by atoms with Gasteiger partial charge >= 0.3 is 0 Å². The van der Waals surface area contributed by atoms with Crippen molar-refractivity contribution in [3.8, 4) is 0 Å². The number of hydrogen-bond donors (Lipinski definition) is 1. The van der Waals surface area contributed by atoms with E-state index in [2.05, 4.69) is 5.32 Å². The van der Waals surface area contributed by atoms with Gasteiger partial charge in [-0.15, -0.1) is 0 Å². The van der Waals surface area contributed by atoms with Crippen molar-refractivity contribution in [2.75, 3.05) is 25.9 Å². The van der Waals surface area contributed by atoms with Crippen LogP contribution in [0.5, 0.6) is 0 Å². The number of amides is 1. The second-order valence-electron chi connectivity index (χ2n) is 3.71. The fraction of sp³-hybridized carbons (Fsp3) is 0.889. The first-order valence-electron chi connectivity index (χ1n) is 5.20. The molecule has 88 valence electrons. The monoisotopic (exact) mass is 234 g/mol. The highest BCUT2D eigenvalue weighted by atomic mass is 32.2. The zero-order valence-electron chi connectivity index (χ0n) is 9.19. The predicted molar refractivity (Wildman–Crippen MR) is 57.8 cm³/mol. The molecule has 5 nitrogen and oxygen atoms in total. The lowest BCUT2D eigenvalue weighted by molar-refractivity contribution is -0.125. The zero-order valence-corrected chi connectivity index (χ0v) is 10.0. The summed E-state index contributed by atoms with van der Waals surface area (Å²) in [5, 5.41) is 2.56. The second kappa shape index (κ2) is 4.94. The van der Waals surface area contributed by atoms with Crippen molar-refractivity contribution >= 4 is 15.9 Å². The van der Waals surface area contributed by atoms with Crippen LogP contribution >= 0.6 is 0 Å². The van der Waals surface area contributed by atoms with Crippen LogP contribution in [0.2, 0.25) is 0 Å². The van der Waals surface area contributed by atoms with E-state index >= 15 is 0 Å². The minimum absolute atomic E-state index is 0.0639. The topological polar surface area (TPSA) is 66.5 Å². The molecule has 1 saturated heterocycles. The number of carbonyl (C=O) groups is 1. The summed E-state index contributed by atoms with van der Waals surface area (Å²) < 4.78 is 24.6. The summed E-state index contributed by atoms with van der Waals surface area (Å²) in [6.07, 6.45) is 1.53. The van der Waals surface area contributed by atoms with E-state index in [1.165, 1.54) is 4.31 Å². The molecule has 1 amide bonds. The van der Waals surface area contributed by atoms with Crippen molar-refractivity contribution in [3.05, 3.63) is 0 Å². The van der Waals surface area contributed by atoms with E-state index in [0.717, 1.165) is 12.8 Å². The molecule has 0 radical (unpaired) electrons. The third-order valence-electron chi connectivity index (χ3n) is 2.76. The van der Waals surface area contributed by atoms with Crippen molar-refractivity contribution in [1.29, 1.82) is 0 Å². The standard InChI is InChI=1S/C9H18N2O3S/c1-3-15(13,14)11-6-4-5-8(7-11)9(12)10-2/h8H,3-7H2,1-2H3,(H,10,12). The molecule has 0 bridgehead atoms. The normalized spacial score (nSPS) is 23.7. The molecule has 0 aromatic carbocycles. The summed E-state index contributed by atoms with van der Waals surface area (Å²) in [6, 6.07) is 0. The molecule has 1 fully saturated rings. The quantitative estimate of drug-likeness (QED) is 0.735. The van der Waals surface area contributed by atoms with Crippen molar-refractivity contribution < 1.29 is 13.2 Å². The van der Waals surface area contributed by atoms with E-state index in [-0.39, 0.29) is 17.6 Å². The lowest BCUT2D eigenvalue weighted by atomic mass is 9.99. The van der Waals surface area contributed by atoms with Crippen LogP contribution in [-0.4, -0.2) is 44.5 Å². The Morgan fingerprint density at radius 2 is 2.20 bits per heavy atom. The summed E-state index contributed by atoms with van der Waals surface area (Å²) in [6.45, 7) is 2.50. The summed E-state index contributed by atoms with van der Waals surface area (Å²) in [5.74, 6) is -0.149. The van der Waals surface area contributed by atoms with Crippen molar-refractivity contribution in [3.63, 3.8) is 0 Å². The molecule has 0 aromatic heterocycles. The summed E-state index contributed by atoms with van der Waals surface area (Å²) >= 11 is 0. The van der Waals surface area contributed by atoms with E-state index in [1.54, 1.807) is 14.0 Å². The smallest absolute Gasteiger partial charge is 0.224 e. The zero-order chi connectivity index (χ0) is 11.5. The highest BCUT2D eigenvalue weighted by Gasteiger charge is 2.30. The first-order valence-corrected chi connectivity index (χ1v) is 6.81. The van der Waals surface area contributed by atoms with Crippen LogP contribution in [-0.2, 0) is 14.8 Å². The molecule has 0 aromatic rings. The molecule has 1 unspecified atom stereocenters. The number of nitrogens with one attached hydrogen (secondary N) is 1. The largest absolute Gasteiger partial charge is 0.359 e. The minimum Gasteiger partial charge on any atom is -0.359 e. The highest BCUT2D eigenvalue weighted by Crippen LogP contribution is 2.19. The fourth-order valence-corrected chi connectivity index (χ4v) is 2.98. The molecule has 1 rings (SSSR count). The van der Waals surface area contributed by atoms with Crippen molar-refractivity contribution in [1.82, 2.24) is 9.62 Å². The SMILES string of the molecule is CCS(=O)(=O)N1CCCC(C(=O)NC)C1. The first kappa shape index (κ1) is 12.4. The van der Waals surface area contributed by atoms with Gasteiger partial charge in [-0.1, -0.05) is 0 Å². The van der Waals surface area contributed by atoms with Crippen LogP contribution in [0.3, 0.4) is 0 Å². The van der Waals surface area contributed by atoms with Gasteiger partial charge in [0.05, 0.1) is 11.7 Å². The Morgan fingerprint density at radius 3 is 2.73 bits per heavy atom. The molecule has 0 spiro atoms. The summed E-state index contributed by atoms with van der Waals surface area (Å²) in [7, 11) is -1.56. The Balaban J connectivity index is 2.68. The van der Waals surface area contributed by atoms with Crippen LogP contribution < -0.4 is 5.32 Å². The number of sulfonamides is 1. The van der Waals surface area contributed by atoms with E-state index in [9.17, 15) is 13.2 Å². The van der Waals surface area contributed by atoms with Crippen LogP contribution in [0.15, 0.2) is 0 Å². The van der Waals surface area contributed by atoms with E-state index in [1.807, 2.05) is 0 Å². The Morgan fingerprint density at radius 1 is 1.53 bits per heavy atom. The van der Waals surface area contributed by atoms with Crippen LogP contribution in [0.25, 0.3) is 0 Å². The van der Waals surface area contributed by atoms with Gasteiger partial charge in [0.2, 0.25) is 15.9 Å². The van der Waals surface area contributed by atoms with Gasteiger partial charge in [0.1, 0.15) is 0 Å². The Labute approximate surface area is 90.9 Å². The fourth-order valence-electron chi connectivity index (χ4n) is 1.80. The van der Waals surface area contributed by atoms with Gasteiger partial charge in [0.15, 0.2) is 0 Å². The molecular formula is C9H18N2O3S. The molecule has 0 aliphatic carbocycles. The van der Waals surface area contributed by atoms with Gasteiger partial charge in [0, 0.05) is 20.1 Å². The van der Waals surface area contributed by atoms with Crippen LogP contribution in [0.1, 0.15) is 19.8 Å². The van der Waals surface area contributed by atoms with Crippen LogP contribution in [0.4, 0.5) is 0 Å². The maximum atomic E-state index is 11.6. The molecule has 15 heavy (non-hydrogen) atoms. The first-order chi connectivity index (χ1) is 7.01. The number of carbonyl (C=O) groups excluding carboxylic acids is 1. The maximum Gasteiger partial charge on any atom is 0.224 e. The lowest BCUT2D eigenvalue weighted by Gasteiger charge is -2.30. The maximum absolute atomic E-state index is 11.6. The van der Waals surface area contributed by atoms with Gasteiger partial charge in [-0.3, -0.25) is 4.79 Å². The van der Waals surface area contributed by atoms with E-state index in [0.29, 0.717) is 13.1 Å². The third kappa shape index (κ3) is 2.92. The molecule has 1 aliphatic heterocycles. The lowest BCUT2D eigenvalue weighted by Crippen LogP contribution is -2.45. The summed E-state index contributed by atoms with van der Waals surface area (Å²) in [4.78, 5) is 11.4. The van der Waals surface area contributed by atoms with Gasteiger partial charge in [0.25, 0.3) is 0 Å². The predicted octanol–water partition coefficient (Wildman–Crippen LogP) is -0.206. The van der Waals surface area contributed by atoms with Gasteiger partial charge in [-0.25, -0.2) is 12.7 Å². The van der Waals surface area contributed by atoms with Crippen molar-refractivity contribution in [2.45, 2.75) is 19.8 Å². The van der Waals surface area contributed by atoms with Gasteiger partial charge < -0.3 is 5.32 Å². The molecule has 1 N–H and O–H groups in total. The third-order valence-corrected chi connectivity index (χ3v) is 4.61. The molecular weight excluding hydrogens is 216 g/mol. The molecule has 6 heteroatoms. The van der Waals surface area contributed by atoms with E-state index < -0.39 is 10.0 Å². The Kier molecular flexibility index (Phi) is 4.10. The Bertz CT molecular complexity index is 326. The van der Waals surface area contributed by atoms with Crippen LogP contribution in [0, 0.1) is 5.92 Å². The minimum atomic E-state index is -3.14. The average Bonchev–Trinajstić information content (AvgIpc) is 2.28. The number of rotatable bonds is 3. The molecule has 1 heterocycles. The summed E-state index contributed by atoms with van der Waals surface area (Å²) in [5.41, 5.74) is 0.